The van der Waals surface area contributed by atoms with Crippen LogP contribution in [0.15, 0.2) is 77.7 Å². The van der Waals surface area contributed by atoms with E-state index in [1.54, 1.807) is 25.1 Å². The molecular formula is C29H33Cl2N3O4S. The number of halogens is 2. The number of benzene rings is 3. The molecule has 2 amide bonds. The van der Waals surface area contributed by atoms with Gasteiger partial charge in [0.05, 0.1) is 10.6 Å². The van der Waals surface area contributed by atoms with Crippen LogP contribution in [0.25, 0.3) is 0 Å². The molecule has 0 aromatic heterocycles. The Morgan fingerprint density at radius 3 is 2.15 bits per heavy atom. The van der Waals surface area contributed by atoms with Crippen molar-refractivity contribution in [3.8, 4) is 0 Å². The van der Waals surface area contributed by atoms with Gasteiger partial charge in [-0.05, 0) is 88.2 Å². The summed E-state index contributed by atoms with van der Waals surface area (Å²) in [5.41, 5.74) is 1.48. The van der Waals surface area contributed by atoms with E-state index in [1.165, 1.54) is 35.2 Å². The molecule has 0 spiro atoms. The molecule has 0 aliphatic heterocycles. The topological polar surface area (TPSA) is 86.8 Å². The first kappa shape index (κ1) is 30.5. The number of hydrogen-bond acceptors (Lipinski definition) is 4. The Morgan fingerprint density at radius 1 is 0.923 bits per heavy atom. The highest BCUT2D eigenvalue weighted by Gasteiger charge is 2.33. The van der Waals surface area contributed by atoms with Gasteiger partial charge in [-0.25, -0.2) is 8.42 Å². The van der Waals surface area contributed by atoms with Crippen molar-refractivity contribution < 1.29 is 18.0 Å². The quantitative estimate of drug-likeness (QED) is 0.340. The SMILES string of the molecule is Cc1ccccc1CN(C(=O)CN(c1cccc(Cl)c1)S(=O)(=O)c1ccc(Cl)cc1)[C@H](C)C(=O)NC(C)(C)C. The average molecular weight is 591 g/mol. The molecule has 0 aliphatic rings. The maximum atomic E-state index is 14.0. The van der Waals surface area contributed by atoms with Crippen LogP contribution in [0.1, 0.15) is 38.8 Å². The van der Waals surface area contributed by atoms with Crippen LogP contribution in [-0.2, 0) is 26.2 Å². The molecule has 0 aliphatic carbocycles. The van der Waals surface area contributed by atoms with Crippen LogP contribution < -0.4 is 9.62 Å². The highest BCUT2D eigenvalue weighted by Crippen LogP contribution is 2.27. The van der Waals surface area contributed by atoms with Gasteiger partial charge in [0.1, 0.15) is 12.6 Å². The van der Waals surface area contributed by atoms with Crippen LogP contribution >= 0.6 is 23.2 Å². The number of nitrogens with zero attached hydrogens (tertiary/aromatic N) is 2. The Bertz CT molecular complexity index is 1440. The van der Waals surface area contributed by atoms with Crippen molar-refractivity contribution in [3.05, 3.63) is 94.0 Å². The van der Waals surface area contributed by atoms with Gasteiger partial charge in [0.2, 0.25) is 11.8 Å². The smallest absolute Gasteiger partial charge is 0.264 e. The Labute approximate surface area is 240 Å². The number of sulfonamides is 1. The van der Waals surface area contributed by atoms with E-state index in [9.17, 15) is 18.0 Å². The van der Waals surface area contributed by atoms with E-state index in [1.807, 2.05) is 52.0 Å². The first-order valence-electron chi connectivity index (χ1n) is 12.4. The molecule has 0 fully saturated rings. The molecule has 0 heterocycles. The highest BCUT2D eigenvalue weighted by molar-refractivity contribution is 7.92. The maximum Gasteiger partial charge on any atom is 0.264 e. The largest absolute Gasteiger partial charge is 0.350 e. The number of hydrogen-bond donors (Lipinski definition) is 1. The van der Waals surface area contributed by atoms with Gasteiger partial charge < -0.3 is 10.2 Å². The van der Waals surface area contributed by atoms with Gasteiger partial charge in [-0.3, -0.25) is 13.9 Å². The number of rotatable bonds is 9. The highest BCUT2D eigenvalue weighted by atomic mass is 35.5. The van der Waals surface area contributed by atoms with Crippen molar-refractivity contribution in [2.24, 2.45) is 0 Å². The van der Waals surface area contributed by atoms with Gasteiger partial charge in [-0.15, -0.1) is 0 Å². The number of nitrogens with one attached hydrogen (secondary N) is 1. The summed E-state index contributed by atoms with van der Waals surface area (Å²) in [6.45, 7) is 8.68. The van der Waals surface area contributed by atoms with E-state index in [4.69, 9.17) is 23.2 Å². The van der Waals surface area contributed by atoms with E-state index in [-0.39, 0.29) is 23.0 Å². The second-order valence-electron chi connectivity index (χ2n) is 10.3. The standard InChI is InChI=1S/C29H33Cl2N3O4S/c1-20-9-6-7-10-22(20)18-33(21(2)28(36)32-29(3,4)5)27(35)19-34(25-12-8-11-24(31)17-25)39(37,38)26-15-13-23(30)14-16-26/h6-17,21H,18-19H2,1-5H3,(H,32,36)/t21-/m1/s1. The molecule has 1 atom stereocenters. The molecule has 0 radical (unpaired) electrons. The first-order valence-corrected chi connectivity index (χ1v) is 14.6. The molecule has 39 heavy (non-hydrogen) atoms. The normalized spacial score (nSPS) is 12.5. The van der Waals surface area contributed by atoms with E-state index in [0.29, 0.717) is 10.0 Å². The van der Waals surface area contributed by atoms with Crippen molar-refractivity contribution in [3.63, 3.8) is 0 Å². The van der Waals surface area contributed by atoms with Crippen LogP contribution in [0.4, 0.5) is 5.69 Å². The number of carbonyl (C=O) groups excluding carboxylic acids is 2. The van der Waals surface area contributed by atoms with Crippen molar-refractivity contribution in [2.45, 2.75) is 57.6 Å². The molecule has 10 heteroatoms. The lowest BCUT2D eigenvalue weighted by molar-refractivity contribution is -0.140. The predicted octanol–water partition coefficient (Wildman–Crippen LogP) is 5.83. The van der Waals surface area contributed by atoms with Crippen LogP contribution in [0.5, 0.6) is 0 Å². The molecule has 3 aromatic carbocycles. The van der Waals surface area contributed by atoms with Crippen LogP contribution in [0.2, 0.25) is 10.0 Å². The fourth-order valence-corrected chi connectivity index (χ4v) is 5.64. The monoisotopic (exact) mass is 589 g/mol. The van der Waals surface area contributed by atoms with Crippen molar-refractivity contribution >= 4 is 50.7 Å². The molecule has 0 bridgehead atoms. The minimum Gasteiger partial charge on any atom is -0.350 e. The van der Waals surface area contributed by atoms with Gasteiger partial charge in [-0.2, -0.15) is 0 Å². The molecule has 3 aromatic rings. The zero-order chi connectivity index (χ0) is 29.0. The Balaban J connectivity index is 2.05. The number of aryl methyl sites for hydroxylation is 1. The summed E-state index contributed by atoms with van der Waals surface area (Å²) >= 11 is 12.2. The van der Waals surface area contributed by atoms with Crippen LogP contribution in [0.3, 0.4) is 0 Å². The summed E-state index contributed by atoms with van der Waals surface area (Å²) in [4.78, 5) is 28.5. The Hall–Kier alpha value is -3.07. The lowest BCUT2D eigenvalue weighted by atomic mass is 10.1. The van der Waals surface area contributed by atoms with Crippen LogP contribution in [-0.4, -0.2) is 43.3 Å². The molecule has 208 valence electrons. The number of carbonyl (C=O) groups is 2. The molecule has 1 N–H and O–H groups in total. The third-order valence-electron chi connectivity index (χ3n) is 6.04. The van der Waals surface area contributed by atoms with E-state index >= 15 is 0 Å². The second-order valence-corrected chi connectivity index (χ2v) is 13.0. The average Bonchev–Trinajstić information content (AvgIpc) is 2.85. The number of anilines is 1. The summed E-state index contributed by atoms with van der Waals surface area (Å²) in [5.74, 6) is -0.897. The minimum absolute atomic E-state index is 0.0383. The van der Waals surface area contributed by atoms with E-state index in [0.717, 1.165) is 15.4 Å². The van der Waals surface area contributed by atoms with Gasteiger partial charge >= 0.3 is 0 Å². The van der Waals surface area contributed by atoms with Gasteiger partial charge in [0, 0.05) is 22.1 Å². The molecule has 7 nitrogen and oxygen atoms in total. The molecule has 0 saturated heterocycles. The Morgan fingerprint density at radius 2 is 1.56 bits per heavy atom. The Kier molecular flexibility index (Phi) is 9.69. The molecular weight excluding hydrogens is 557 g/mol. The second kappa shape index (κ2) is 12.4. The fraction of sp³-hybridized carbons (Fsp3) is 0.310. The summed E-state index contributed by atoms with van der Waals surface area (Å²) in [7, 11) is -4.20. The summed E-state index contributed by atoms with van der Waals surface area (Å²) < 4.78 is 28.6. The first-order chi connectivity index (χ1) is 18.2. The van der Waals surface area contributed by atoms with Gasteiger partial charge in [0.25, 0.3) is 10.0 Å². The van der Waals surface area contributed by atoms with E-state index < -0.39 is 34.1 Å². The van der Waals surface area contributed by atoms with Crippen molar-refractivity contribution in [1.29, 1.82) is 0 Å². The molecule has 3 rings (SSSR count). The molecule has 0 saturated carbocycles. The fourth-order valence-electron chi connectivity index (χ4n) is 3.92. The predicted molar refractivity (Wildman–Crippen MR) is 157 cm³/mol. The van der Waals surface area contributed by atoms with Crippen molar-refractivity contribution in [1.82, 2.24) is 10.2 Å². The summed E-state index contributed by atoms with van der Waals surface area (Å²) in [6, 6.07) is 18.6. The number of amides is 2. The third kappa shape index (κ3) is 7.97. The lowest BCUT2D eigenvalue weighted by Crippen LogP contribution is -2.54. The van der Waals surface area contributed by atoms with Crippen molar-refractivity contribution in [2.75, 3.05) is 10.8 Å². The third-order valence-corrected chi connectivity index (χ3v) is 8.32. The van der Waals surface area contributed by atoms with Crippen LogP contribution in [0, 0.1) is 6.92 Å². The lowest BCUT2D eigenvalue weighted by Gasteiger charge is -2.33. The minimum atomic E-state index is -4.20. The summed E-state index contributed by atoms with van der Waals surface area (Å²) in [5, 5.41) is 3.60. The van der Waals surface area contributed by atoms with E-state index in [2.05, 4.69) is 5.32 Å². The zero-order valence-corrected chi connectivity index (χ0v) is 24.9. The maximum absolute atomic E-state index is 14.0. The zero-order valence-electron chi connectivity index (χ0n) is 22.6. The van der Waals surface area contributed by atoms with Gasteiger partial charge in [0.15, 0.2) is 0 Å². The summed E-state index contributed by atoms with van der Waals surface area (Å²) in [6.07, 6.45) is 0. The molecule has 0 unspecified atom stereocenters. The van der Waals surface area contributed by atoms with Gasteiger partial charge in [-0.1, -0.05) is 53.5 Å².